The quantitative estimate of drug-likeness (QED) is 0.613. The molecule has 0 aliphatic rings. The van der Waals surface area contributed by atoms with Gasteiger partial charge in [-0.1, -0.05) is 24.3 Å². The van der Waals surface area contributed by atoms with Gasteiger partial charge in [0, 0.05) is 18.7 Å². The molecule has 1 unspecified atom stereocenters. The molecular formula is C15H16N2O4. The van der Waals surface area contributed by atoms with Crippen molar-refractivity contribution < 1.29 is 19.8 Å². The summed E-state index contributed by atoms with van der Waals surface area (Å²) in [5.41, 5.74) is 6.55. The summed E-state index contributed by atoms with van der Waals surface area (Å²) in [6, 6.07) is 10.9. The highest BCUT2D eigenvalue weighted by Crippen LogP contribution is 2.21. The first-order chi connectivity index (χ1) is 9.99. The molecule has 2 aromatic carbocycles. The van der Waals surface area contributed by atoms with Crippen LogP contribution in [-0.2, 0) is 4.79 Å². The zero-order valence-corrected chi connectivity index (χ0v) is 11.2. The molecule has 0 saturated heterocycles. The highest BCUT2D eigenvalue weighted by molar-refractivity contribution is 6.03. The van der Waals surface area contributed by atoms with E-state index in [2.05, 4.69) is 5.32 Å². The summed E-state index contributed by atoms with van der Waals surface area (Å²) in [5.74, 6) is -1.70. The van der Waals surface area contributed by atoms with Crippen LogP contribution < -0.4 is 11.1 Å². The van der Waals surface area contributed by atoms with Gasteiger partial charge in [0.25, 0.3) is 5.91 Å². The van der Waals surface area contributed by atoms with Crippen LogP contribution in [0.5, 0.6) is 0 Å². The van der Waals surface area contributed by atoms with Crippen molar-refractivity contribution in [2.24, 2.45) is 0 Å². The molecule has 2 rings (SSSR count). The van der Waals surface area contributed by atoms with Gasteiger partial charge in [-0.2, -0.15) is 0 Å². The lowest BCUT2D eigenvalue weighted by Gasteiger charge is -2.10. The van der Waals surface area contributed by atoms with E-state index in [4.69, 9.17) is 15.9 Å². The van der Waals surface area contributed by atoms with Crippen molar-refractivity contribution in [2.75, 3.05) is 12.3 Å². The molecule has 0 aliphatic carbocycles. The third-order valence-corrected chi connectivity index (χ3v) is 3.15. The molecule has 0 saturated carbocycles. The zero-order valence-electron chi connectivity index (χ0n) is 11.2. The van der Waals surface area contributed by atoms with Crippen LogP contribution in [0, 0.1) is 0 Å². The number of rotatable bonds is 5. The number of aliphatic carboxylic acids is 1. The topological polar surface area (TPSA) is 113 Å². The number of carboxylic acid groups (broad SMARTS) is 1. The van der Waals surface area contributed by atoms with Gasteiger partial charge in [0.2, 0.25) is 0 Å². The molecule has 2 aromatic rings. The van der Waals surface area contributed by atoms with E-state index < -0.39 is 18.0 Å². The Morgan fingerprint density at radius 2 is 1.81 bits per heavy atom. The number of carbonyl (C=O) groups excluding carboxylic acids is 1. The lowest BCUT2D eigenvalue weighted by atomic mass is 10.0. The number of carbonyl (C=O) groups is 2. The van der Waals surface area contributed by atoms with Crippen molar-refractivity contribution in [2.45, 2.75) is 12.5 Å². The Kier molecular flexibility index (Phi) is 4.39. The standard InChI is InChI=1S/C15H16N2O4/c16-12-8-10-4-2-1-3-9(10)7-11(12)14(19)17-6-5-13(18)15(20)21/h1-4,7-8,13,18H,5-6,16H2,(H,17,19)(H,20,21). The van der Waals surface area contributed by atoms with Crippen molar-refractivity contribution in [1.82, 2.24) is 5.32 Å². The summed E-state index contributed by atoms with van der Waals surface area (Å²) in [5, 5.41) is 22.1. The van der Waals surface area contributed by atoms with Gasteiger partial charge in [-0.3, -0.25) is 4.79 Å². The maximum Gasteiger partial charge on any atom is 0.332 e. The predicted molar refractivity (Wildman–Crippen MR) is 79.0 cm³/mol. The lowest BCUT2D eigenvalue weighted by Crippen LogP contribution is -2.30. The fourth-order valence-electron chi connectivity index (χ4n) is 2.00. The van der Waals surface area contributed by atoms with E-state index in [-0.39, 0.29) is 13.0 Å². The maximum atomic E-state index is 12.0. The number of carboxylic acids is 1. The van der Waals surface area contributed by atoms with Crippen LogP contribution in [0.1, 0.15) is 16.8 Å². The Morgan fingerprint density at radius 1 is 1.19 bits per heavy atom. The second kappa shape index (κ2) is 6.23. The number of benzene rings is 2. The van der Waals surface area contributed by atoms with Crippen LogP contribution in [0.4, 0.5) is 5.69 Å². The highest BCUT2D eigenvalue weighted by Gasteiger charge is 2.14. The van der Waals surface area contributed by atoms with E-state index in [0.29, 0.717) is 11.3 Å². The SMILES string of the molecule is Nc1cc2ccccc2cc1C(=O)NCCC(O)C(=O)O. The summed E-state index contributed by atoms with van der Waals surface area (Å²) in [7, 11) is 0. The fraction of sp³-hybridized carbons (Fsp3) is 0.200. The molecule has 6 nitrogen and oxygen atoms in total. The molecular weight excluding hydrogens is 272 g/mol. The molecule has 0 spiro atoms. The number of nitrogen functional groups attached to an aromatic ring is 1. The molecule has 0 aliphatic heterocycles. The third-order valence-electron chi connectivity index (χ3n) is 3.15. The molecule has 0 bridgehead atoms. The van der Waals surface area contributed by atoms with Gasteiger partial charge in [-0.25, -0.2) is 4.79 Å². The van der Waals surface area contributed by atoms with Crippen LogP contribution in [0.3, 0.4) is 0 Å². The Bertz CT molecular complexity index is 684. The van der Waals surface area contributed by atoms with Gasteiger partial charge >= 0.3 is 5.97 Å². The number of nitrogens with two attached hydrogens (primary N) is 1. The minimum Gasteiger partial charge on any atom is -0.479 e. The van der Waals surface area contributed by atoms with Crippen LogP contribution in [0.25, 0.3) is 10.8 Å². The summed E-state index contributed by atoms with van der Waals surface area (Å²) in [6.07, 6.45) is -1.55. The number of nitrogens with one attached hydrogen (secondary N) is 1. The Morgan fingerprint density at radius 3 is 2.43 bits per heavy atom. The number of anilines is 1. The van der Waals surface area contributed by atoms with Crippen molar-refractivity contribution in [3.05, 3.63) is 42.0 Å². The second-order valence-corrected chi connectivity index (χ2v) is 4.69. The monoisotopic (exact) mass is 288 g/mol. The van der Waals surface area contributed by atoms with Gasteiger partial charge in [0.1, 0.15) is 0 Å². The van der Waals surface area contributed by atoms with E-state index >= 15 is 0 Å². The smallest absolute Gasteiger partial charge is 0.332 e. The van der Waals surface area contributed by atoms with E-state index in [1.807, 2.05) is 24.3 Å². The number of amides is 1. The average Bonchev–Trinajstić information content (AvgIpc) is 2.46. The van der Waals surface area contributed by atoms with Crippen molar-refractivity contribution in [1.29, 1.82) is 0 Å². The van der Waals surface area contributed by atoms with Gasteiger partial charge < -0.3 is 21.3 Å². The van der Waals surface area contributed by atoms with Crippen LogP contribution in [-0.4, -0.2) is 34.7 Å². The van der Waals surface area contributed by atoms with E-state index in [1.54, 1.807) is 12.1 Å². The van der Waals surface area contributed by atoms with Crippen LogP contribution >= 0.6 is 0 Å². The Labute approximate surface area is 121 Å². The van der Waals surface area contributed by atoms with Gasteiger partial charge in [0.15, 0.2) is 6.10 Å². The molecule has 0 aromatic heterocycles. The van der Waals surface area contributed by atoms with Crippen molar-refractivity contribution in [3.8, 4) is 0 Å². The normalized spacial score (nSPS) is 12.0. The maximum absolute atomic E-state index is 12.0. The fourth-order valence-corrected chi connectivity index (χ4v) is 2.00. The van der Waals surface area contributed by atoms with Crippen molar-refractivity contribution in [3.63, 3.8) is 0 Å². The number of hydrogen-bond acceptors (Lipinski definition) is 4. The third kappa shape index (κ3) is 3.49. The molecule has 5 N–H and O–H groups in total. The largest absolute Gasteiger partial charge is 0.479 e. The number of aliphatic hydroxyl groups is 1. The molecule has 21 heavy (non-hydrogen) atoms. The molecule has 0 heterocycles. The van der Waals surface area contributed by atoms with Gasteiger partial charge in [0.05, 0.1) is 5.56 Å². The molecule has 1 amide bonds. The molecule has 1 atom stereocenters. The Hall–Kier alpha value is -2.60. The number of aliphatic hydroxyl groups excluding tert-OH is 1. The Balaban J connectivity index is 2.09. The second-order valence-electron chi connectivity index (χ2n) is 4.69. The molecule has 6 heteroatoms. The predicted octanol–water partition coefficient (Wildman–Crippen LogP) is 0.987. The zero-order chi connectivity index (χ0) is 15.4. The lowest BCUT2D eigenvalue weighted by molar-refractivity contribution is -0.146. The van der Waals surface area contributed by atoms with E-state index in [9.17, 15) is 9.59 Å². The van der Waals surface area contributed by atoms with Crippen LogP contribution in [0.15, 0.2) is 36.4 Å². The van der Waals surface area contributed by atoms with E-state index in [1.165, 1.54) is 0 Å². The summed E-state index contributed by atoms with van der Waals surface area (Å²) in [4.78, 5) is 22.5. The molecule has 0 fully saturated rings. The van der Waals surface area contributed by atoms with Crippen molar-refractivity contribution >= 4 is 28.3 Å². The summed E-state index contributed by atoms with van der Waals surface area (Å²) >= 11 is 0. The summed E-state index contributed by atoms with van der Waals surface area (Å²) in [6.45, 7) is 0.0541. The van der Waals surface area contributed by atoms with E-state index in [0.717, 1.165) is 10.8 Å². The minimum absolute atomic E-state index is 0.0541. The highest BCUT2D eigenvalue weighted by atomic mass is 16.4. The molecule has 110 valence electrons. The first kappa shape index (κ1) is 14.8. The number of fused-ring (bicyclic) bond motifs is 1. The first-order valence-electron chi connectivity index (χ1n) is 6.46. The first-order valence-corrected chi connectivity index (χ1v) is 6.46. The molecule has 0 radical (unpaired) electrons. The van der Waals surface area contributed by atoms with Gasteiger partial charge in [-0.05, 0) is 22.9 Å². The van der Waals surface area contributed by atoms with Gasteiger partial charge in [-0.15, -0.1) is 0 Å². The van der Waals surface area contributed by atoms with Crippen LogP contribution in [0.2, 0.25) is 0 Å². The average molecular weight is 288 g/mol. The summed E-state index contributed by atoms with van der Waals surface area (Å²) < 4.78 is 0. The number of hydrogen-bond donors (Lipinski definition) is 4. The minimum atomic E-state index is -1.49.